The van der Waals surface area contributed by atoms with Crippen LogP contribution in [0.25, 0.3) is 0 Å². The van der Waals surface area contributed by atoms with E-state index in [1.54, 1.807) is 24.2 Å². The Morgan fingerprint density at radius 1 is 1.29 bits per heavy atom. The third-order valence-corrected chi connectivity index (χ3v) is 4.85. The lowest BCUT2D eigenvalue weighted by Gasteiger charge is -2.25. The molecule has 0 saturated carbocycles. The average molecular weight is 298 g/mol. The molecule has 108 valence electrons. The number of nitrogens with zero attached hydrogens (tertiary/aromatic N) is 2. The minimum Gasteiger partial charge on any atom is -0.308 e. The zero-order valence-corrected chi connectivity index (χ0v) is 13.0. The highest BCUT2D eigenvalue weighted by molar-refractivity contribution is 8.00. The number of pyridine rings is 1. The summed E-state index contributed by atoms with van der Waals surface area (Å²) >= 11 is 1.58. The van der Waals surface area contributed by atoms with Crippen LogP contribution in [0.4, 0.5) is 5.69 Å². The SMILES string of the molecule is C[C@@H]1Cc2ccccc2N1C(=O)[C@@H](C)Sc1ccncc1. The highest BCUT2D eigenvalue weighted by Gasteiger charge is 2.33. The second-order valence-electron chi connectivity index (χ2n) is 5.33. The molecule has 2 atom stereocenters. The Morgan fingerprint density at radius 3 is 2.76 bits per heavy atom. The van der Waals surface area contributed by atoms with Crippen molar-refractivity contribution in [3.05, 3.63) is 54.4 Å². The predicted octanol–water partition coefficient (Wildman–Crippen LogP) is 3.54. The Hall–Kier alpha value is -1.81. The molecule has 21 heavy (non-hydrogen) atoms. The van der Waals surface area contributed by atoms with Gasteiger partial charge in [0.15, 0.2) is 0 Å². The maximum atomic E-state index is 12.8. The number of rotatable bonds is 3. The smallest absolute Gasteiger partial charge is 0.240 e. The van der Waals surface area contributed by atoms with Crippen molar-refractivity contribution >= 4 is 23.4 Å². The molecule has 1 aromatic heterocycles. The standard InChI is InChI=1S/C17H18N2OS/c1-12-11-14-5-3-4-6-16(14)19(12)17(20)13(2)21-15-7-9-18-10-8-15/h3-10,12-13H,11H2,1-2H3/t12-,13-/m1/s1. The second kappa shape index (κ2) is 5.90. The van der Waals surface area contributed by atoms with E-state index in [1.165, 1.54) is 5.56 Å². The number of fused-ring (bicyclic) bond motifs is 1. The molecular formula is C17H18N2OS. The van der Waals surface area contributed by atoms with E-state index in [0.29, 0.717) is 0 Å². The Labute approximate surface area is 129 Å². The van der Waals surface area contributed by atoms with Crippen LogP contribution in [0.3, 0.4) is 0 Å². The molecular weight excluding hydrogens is 280 g/mol. The first-order valence-corrected chi connectivity index (χ1v) is 8.02. The number of amides is 1. The Balaban J connectivity index is 1.79. The summed E-state index contributed by atoms with van der Waals surface area (Å²) in [4.78, 5) is 19.8. The zero-order chi connectivity index (χ0) is 14.8. The molecule has 1 amide bonds. The fourth-order valence-corrected chi connectivity index (χ4v) is 3.67. The summed E-state index contributed by atoms with van der Waals surface area (Å²) in [5.74, 6) is 0.175. The number of benzene rings is 1. The Bertz CT molecular complexity index is 644. The van der Waals surface area contributed by atoms with Gasteiger partial charge >= 0.3 is 0 Å². The largest absolute Gasteiger partial charge is 0.308 e. The van der Waals surface area contributed by atoms with Gasteiger partial charge in [-0.15, -0.1) is 11.8 Å². The fourth-order valence-electron chi connectivity index (χ4n) is 2.77. The van der Waals surface area contributed by atoms with Gasteiger partial charge in [-0.05, 0) is 44.0 Å². The maximum Gasteiger partial charge on any atom is 0.240 e. The summed E-state index contributed by atoms with van der Waals surface area (Å²) in [7, 11) is 0. The van der Waals surface area contributed by atoms with Crippen LogP contribution >= 0.6 is 11.8 Å². The van der Waals surface area contributed by atoms with Gasteiger partial charge in [-0.3, -0.25) is 9.78 Å². The molecule has 4 heteroatoms. The molecule has 1 aliphatic heterocycles. The van der Waals surface area contributed by atoms with Crippen molar-refractivity contribution in [2.75, 3.05) is 4.90 Å². The maximum absolute atomic E-state index is 12.8. The van der Waals surface area contributed by atoms with Crippen molar-refractivity contribution in [2.24, 2.45) is 0 Å². The van der Waals surface area contributed by atoms with Crippen LogP contribution in [0.5, 0.6) is 0 Å². The number of aromatic nitrogens is 1. The first-order chi connectivity index (χ1) is 10.2. The van der Waals surface area contributed by atoms with Gasteiger partial charge in [0.05, 0.1) is 5.25 Å². The van der Waals surface area contributed by atoms with Crippen LogP contribution in [-0.4, -0.2) is 22.2 Å². The van der Waals surface area contributed by atoms with Crippen LogP contribution in [0.15, 0.2) is 53.7 Å². The fraction of sp³-hybridized carbons (Fsp3) is 0.294. The first kappa shape index (κ1) is 14.1. The van der Waals surface area contributed by atoms with Gasteiger partial charge in [0.1, 0.15) is 0 Å². The van der Waals surface area contributed by atoms with E-state index in [1.807, 2.05) is 42.2 Å². The molecule has 0 N–H and O–H groups in total. The van der Waals surface area contributed by atoms with Gasteiger partial charge in [0, 0.05) is 29.0 Å². The van der Waals surface area contributed by atoms with Crippen LogP contribution in [0.2, 0.25) is 0 Å². The lowest BCUT2D eigenvalue weighted by molar-refractivity contribution is -0.118. The quantitative estimate of drug-likeness (QED) is 0.813. The van der Waals surface area contributed by atoms with Crippen molar-refractivity contribution < 1.29 is 4.79 Å². The van der Waals surface area contributed by atoms with E-state index in [-0.39, 0.29) is 17.2 Å². The number of hydrogen-bond acceptors (Lipinski definition) is 3. The number of carbonyl (C=O) groups is 1. The average Bonchev–Trinajstić information content (AvgIpc) is 2.83. The number of thioether (sulfide) groups is 1. The minimum atomic E-state index is -0.110. The summed E-state index contributed by atoms with van der Waals surface area (Å²) in [5, 5.41) is -0.110. The monoisotopic (exact) mass is 298 g/mol. The van der Waals surface area contributed by atoms with Gasteiger partial charge < -0.3 is 4.90 Å². The van der Waals surface area contributed by atoms with Crippen molar-refractivity contribution in [3.8, 4) is 0 Å². The van der Waals surface area contributed by atoms with E-state index < -0.39 is 0 Å². The molecule has 1 aromatic carbocycles. The summed E-state index contributed by atoms with van der Waals surface area (Å²) < 4.78 is 0. The number of anilines is 1. The van der Waals surface area contributed by atoms with Gasteiger partial charge in [0.25, 0.3) is 0 Å². The van der Waals surface area contributed by atoms with Crippen molar-refractivity contribution in [3.63, 3.8) is 0 Å². The summed E-state index contributed by atoms with van der Waals surface area (Å²) in [6, 6.07) is 12.3. The first-order valence-electron chi connectivity index (χ1n) is 7.14. The number of carbonyl (C=O) groups excluding carboxylic acids is 1. The van der Waals surface area contributed by atoms with Crippen molar-refractivity contribution in [1.82, 2.24) is 4.98 Å². The molecule has 0 spiro atoms. The lowest BCUT2D eigenvalue weighted by Crippen LogP contribution is -2.40. The van der Waals surface area contributed by atoms with E-state index in [4.69, 9.17) is 0 Å². The summed E-state index contributed by atoms with van der Waals surface area (Å²) in [6.07, 6.45) is 4.45. The molecule has 3 rings (SSSR count). The molecule has 0 fully saturated rings. The topological polar surface area (TPSA) is 33.2 Å². The normalized spacial score (nSPS) is 18.4. The zero-order valence-electron chi connectivity index (χ0n) is 12.2. The van der Waals surface area contributed by atoms with Gasteiger partial charge in [-0.1, -0.05) is 18.2 Å². The van der Waals surface area contributed by atoms with Crippen LogP contribution < -0.4 is 4.90 Å². The molecule has 0 aliphatic carbocycles. The minimum absolute atomic E-state index is 0.110. The molecule has 0 radical (unpaired) electrons. The van der Waals surface area contributed by atoms with E-state index in [0.717, 1.165) is 17.0 Å². The molecule has 0 bridgehead atoms. The molecule has 1 aliphatic rings. The molecule has 0 unspecified atom stereocenters. The highest BCUT2D eigenvalue weighted by Crippen LogP contribution is 2.34. The van der Waals surface area contributed by atoms with Gasteiger partial charge in [0.2, 0.25) is 5.91 Å². The third-order valence-electron chi connectivity index (χ3n) is 3.76. The third kappa shape index (κ3) is 2.81. The van der Waals surface area contributed by atoms with Gasteiger partial charge in [-0.2, -0.15) is 0 Å². The predicted molar refractivity (Wildman–Crippen MR) is 86.7 cm³/mol. The van der Waals surface area contributed by atoms with Crippen LogP contribution in [-0.2, 0) is 11.2 Å². The van der Waals surface area contributed by atoms with E-state index in [2.05, 4.69) is 18.0 Å². The molecule has 0 saturated heterocycles. The van der Waals surface area contributed by atoms with Crippen molar-refractivity contribution in [2.45, 2.75) is 36.5 Å². The van der Waals surface area contributed by atoms with Crippen LogP contribution in [0.1, 0.15) is 19.4 Å². The number of para-hydroxylation sites is 1. The van der Waals surface area contributed by atoms with Gasteiger partial charge in [-0.25, -0.2) is 0 Å². The molecule has 3 nitrogen and oxygen atoms in total. The van der Waals surface area contributed by atoms with Crippen molar-refractivity contribution in [1.29, 1.82) is 0 Å². The number of hydrogen-bond donors (Lipinski definition) is 0. The summed E-state index contributed by atoms with van der Waals surface area (Å²) in [5.41, 5.74) is 2.33. The van der Waals surface area contributed by atoms with Crippen LogP contribution in [0, 0.1) is 0 Å². The summed E-state index contributed by atoms with van der Waals surface area (Å²) in [6.45, 7) is 4.09. The second-order valence-corrected chi connectivity index (χ2v) is 6.75. The Morgan fingerprint density at radius 2 is 2.00 bits per heavy atom. The van der Waals surface area contributed by atoms with E-state index >= 15 is 0 Å². The molecule has 2 heterocycles. The Kier molecular flexibility index (Phi) is 3.97. The lowest BCUT2D eigenvalue weighted by atomic mass is 10.1. The molecule has 2 aromatic rings. The van der Waals surface area contributed by atoms with E-state index in [9.17, 15) is 4.79 Å². The highest BCUT2D eigenvalue weighted by atomic mass is 32.2.